The lowest BCUT2D eigenvalue weighted by atomic mass is 10.2. The zero-order valence-corrected chi connectivity index (χ0v) is 10.5. The van der Waals surface area contributed by atoms with E-state index in [1.54, 1.807) is 12.5 Å². The van der Waals surface area contributed by atoms with Crippen LogP contribution < -0.4 is 10.1 Å². The van der Waals surface area contributed by atoms with Gasteiger partial charge >= 0.3 is 0 Å². The summed E-state index contributed by atoms with van der Waals surface area (Å²) >= 11 is 7.22. The van der Waals surface area contributed by atoms with Crippen molar-refractivity contribution in [2.24, 2.45) is 0 Å². The van der Waals surface area contributed by atoms with Gasteiger partial charge in [0.1, 0.15) is 10.9 Å². The summed E-state index contributed by atoms with van der Waals surface area (Å²) in [5.41, 5.74) is 2.06. The second-order valence-electron chi connectivity index (χ2n) is 3.28. The van der Waals surface area contributed by atoms with Crippen molar-refractivity contribution >= 4 is 33.8 Å². The molecule has 16 heavy (non-hydrogen) atoms. The van der Waals surface area contributed by atoms with Crippen molar-refractivity contribution < 1.29 is 4.74 Å². The van der Waals surface area contributed by atoms with Gasteiger partial charge in [0.2, 0.25) is 0 Å². The summed E-state index contributed by atoms with van der Waals surface area (Å²) in [6.45, 7) is 2.00. The Morgan fingerprint density at radius 1 is 1.44 bits per heavy atom. The van der Waals surface area contributed by atoms with E-state index in [1.165, 1.54) is 11.3 Å². The number of aromatic nitrogens is 1. The van der Waals surface area contributed by atoms with Crippen LogP contribution in [0.3, 0.4) is 0 Å². The third kappa shape index (κ3) is 2.46. The molecule has 1 aromatic heterocycles. The summed E-state index contributed by atoms with van der Waals surface area (Å²) in [6.07, 6.45) is 0. The number of hydrogen-bond donors (Lipinski definition) is 1. The van der Waals surface area contributed by atoms with Crippen LogP contribution in [0.4, 0.5) is 10.8 Å². The van der Waals surface area contributed by atoms with Gasteiger partial charge in [-0.2, -0.15) is 0 Å². The number of ether oxygens (including phenoxy) is 1. The molecule has 0 saturated carbocycles. The molecule has 84 valence electrons. The van der Waals surface area contributed by atoms with Crippen LogP contribution in [0.25, 0.3) is 0 Å². The van der Waals surface area contributed by atoms with Gasteiger partial charge in [-0.3, -0.25) is 0 Å². The van der Waals surface area contributed by atoms with E-state index >= 15 is 0 Å². The monoisotopic (exact) mass is 254 g/mol. The summed E-state index contributed by atoms with van der Waals surface area (Å²) in [6, 6.07) is 5.88. The molecular formula is C11H11ClN2OS. The van der Waals surface area contributed by atoms with Gasteiger partial charge in [0.15, 0.2) is 5.13 Å². The zero-order valence-electron chi connectivity index (χ0n) is 8.95. The molecule has 0 spiro atoms. The third-order valence-electron chi connectivity index (χ3n) is 2.12. The molecule has 0 radical (unpaired) electrons. The van der Waals surface area contributed by atoms with E-state index in [9.17, 15) is 0 Å². The molecule has 2 aromatic rings. The first kappa shape index (κ1) is 11.2. The first-order chi connectivity index (χ1) is 7.69. The highest BCUT2D eigenvalue weighted by Gasteiger charge is 2.02. The summed E-state index contributed by atoms with van der Waals surface area (Å²) in [7, 11) is 1.66. The van der Waals surface area contributed by atoms with Crippen molar-refractivity contribution in [3.63, 3.8) is 0 Å². The highest BCUT2D eigenvalue weighted by Crippen LogP contribution is 2.26. The topological polar surface area (TPSA) is 34.1 Å². The lowest BCUT2D eigenvalue weighted by molar-refractivity contribution is 0.412. The first-order valence-corrected chi connectivity index (χ1v) is 5.97. The predicted octanol–water partition coefficient (Wildman–Crippen LogP) is 3.86. The third-order valence-corrected chi connectivity index (χ3v) is 3.20. The summed E-state index contributed by atoms with van der Waals surface area (Å²) < 4.78 is 5.19. The number of halogens is 1. The molecule has 0 saturated heterocycles. The summed E-state index contributed by atoms with van der Waals surface area (Å²) in [4.78, 5) is 4.12. The molecule has 0 atom stereocenters. The Kier molecular flexibility index (Phi) is 3.31. The molecule has 1 aromatic carbocycles. The zero-order chi connectivity index (χ0) is 11.5. The van der Waals surface area contributed by atoms with Gasteiger partial charge in [0, 0.05) is 11.1 Å². The largest absolute Gasteiger partial charge is 0.496 e. The Morgan fingerprint density at radius 3 is 2.81 bits per heavy atom. The standard InChI is InChI=1S/C11H11ClN2OS/c1-7-5-8(3-4-9(7)15-2)13-11-14-10(12)6-16-11/h3-6H,1-2H3,(H,13,14). The SMILES string of the molecule is COc1ccc(Nc2nc(Cl)cs2)cc1C. The Balaban J connectivity index is 2.19. The van der Waals surface area contributed by atoms with E-state index in [2.05, 4.69) is 10.3 Å². The van der Waals surface area contributed by atoms with Crippen molar-refractivity contribution in [3.05, 3.63) is 34.3 Å². The minimum Gasteiger partial charge on any atom is -0.496 e. The number of hydrogen-bond acceptors (Lipinski definition) is 4. The fraction of sp³-hybridized carbons (Fsp3) is 0.182. The van der Waals surface area contributed by atoms with Gasteiger partial charge in [-0.15, -0.1) is 11.3 Å². The molecule has 0 aliphatic heterocycles. The Morgan fingerprint density at radius 2 is 2.25 bits per heavy atom. The molecule has 5 heteroatoms. The number of anilines is 2. The molecule has 0 aliphatic rings. The Hall–Kier alpha value is -1.26. The number of rotatable bonds is 3. The number of nitrogens with zero attached hydrogens (tertiary/aromatic N) is 1. The maximum absolute atomic E-state index is 5.74. The molecule has 0 aliphatic carbocycles. The van der Waals surface area contributed by atoms with E-state index in [4.69, 9.17) is 16.3 Å². The highest BCUT2D eigenvalue weighted by atomic mass is 35.5. The number of thiazole rings is 1. The van der Waals surface area contributed by atoms with Crippen molar-refractivity contribution in [3.8, 4) is 5.75 Å². The average molecular weight is 255 g/mol. The van der Waals surface area contributed by atoms with Gasteiger partial charge in [-0.25, -0.2) is 4.98 Å². The number of methoxy groups -OCH3 is 1. The fourth-order valence-corrected chi connectivity index (χ4v) is 2.25. The maximum Gasteiger partial charge on any atom is 0.188 e. The lowest BCUT2D eigenvalue weighted by Crippen LogP contribution is -1.92. The normalized spacial score (nSPS) is 10.2. The smallest absolute Gasteiger partial charge is 0.188 e. The van der Waals surface area contributed by atoms with E-state index < -0.39 is 0 Å². The minimum atomic E-state index is 0.512. The van der Waals surface area contributed by atoms with Gasteiger partial charge in [0.05, 0.1) is 7.11 Å². The lowest BCUT2D eigenvalue weighted by Gasteiger charge is -2.07. The number of aryl methyl sites for hydroxylation is 1. The van der Waals surface area contributed by atoms with Crippen LogP contribution in [-0.4, -0.2) is 12.1 Å². The molecule has 0 unspecified atom stereocenters. The molecule has 3 nitrogen and oxygen atoms in total. The van der Waals surface area contributed by atoms with Crippen LogP contribution in [-0.2, 0) is 0 Å². The first-order valence-electron chi connectivity index (χ1n) is 4.72. The number of nitrogens with one attached hydrogen (secondary N) is 1. The molecule has 2 rings (SSSR count). The molecule has 0 bridgehead atoms. The van der Waals surface area contributed by atoms with E-state index in [0.717, 1.165) is 22.1 Å². The van der Waals surface area contributed by atoms with E-state index in [0.29, 0.717) is 5.15 Å². The molecular weight excluding hydrogens is 244 g/mol. The van der Waals surface area contributed by atoms with Crippen LogP contribution in [0, 0.1) is 6.92 Å². The van der Waals surface area contributed by atoms with Crippen molar-refractivity contribution in [1.82, 2.24) is 4.98 Å². The van der Waals surface area contributed by atoms with Gasteiger partial charge in [0.25, 0.3) is 0 Å². The van der Waals surface area contributed by atoms with Crippen LogP contribution in [0.2, 0.25) is 5.15 Å². The number of benzene rings is 1. The fourth-order valence-electron chi connectivity index (χ4n) is 1.39. The van der Waals surface area contributed by atoms with E-state index in [1.807, 2.05) is 25.1 Å². The second-order valence-corrected chi connectivity index (χ2v) is 4.53. The van der Waals surface area contributed by atoms with Gasteiger partial charge in [-0.1, -0.05) is 11.6 Å². The van der Waals surface area contributed by atoms with Crippen LogP contribution in [0.15, 0.2) is 23.6 Å². The van der Waals surface area contributed by atoms with E-state index in [-0.39, 0.29) is 0 Å². The summed E-state index contributed by atoms with van der Waals surface area (Å²) in [5.74, 6) is 0.878. The molecule has 0 amide bonds. The molecule has 1 N–H and O–H groups in total. The predicted molar refractivity (Wildman–Crippen MR) is 68.1 cm³/mol. The van der Waals surface area contributed by atoms with Gasteiger partial charge < -0.3 is 10.1 Å². The van der Waals surface area contributed by atoms with Crippen LogP contribution in [0.5, 0.6) is 5.75 Å². The van der Waals surface area contributed by atoms with Crippen LogP contribution >= 0.6 is 22.9 Å². The highest BCUT2D eigenvalue weighted by molar-refractivity contribution is 7.14. The average Bonchev–Trinajstić information content (AvgIpc) is 2.64. The van der Waals surface area contributed by atoms with Crippen molar-refractivity contribution in [2.45, 2.75) is 6.92 Å². The van der Waals surface area contributed by atoms with Crippen molar-refractivity contribution in [2.75, 3.05) is 12.4 Å². The molecule has 1 heterocycles. The summed E-state index contributed by atoms with van der Waals surface area (Å²) in [5, 5.41) is 6.27. The van der Waals surface area contributed by atoms with Crippen molar-refractivity contribution in [1.29, 1.82) is 0 Å². The second kappa shape index (κ2) is 4.72. The Labute approximate surface area is 103 Å². The van der Waals surface area contributed by atoms with Gasteiger partial charge in [-0.05, 0) is 30.7 Å². The minimum absolute atomic E-state index is 0.512. The molecule has 0 fully saturated rings. The Bertz CT molecular complexity index is 498. The maximum atomic E-state index is 5.74. The van der Waals surface area contributed by atoms with Crippen LogP contribution in [0.1, 0.15) is 5.56 Å². The quantitative estimate of drug-likeness (QED) is 0.903.